The minimum atomic E-state index is 0.614. The zero-order valence-corrected chi connectivity index (χ0v) is 11.7. The van der Waals surface area contributed by atoms with Crippen LogP contribution >= 0.6 is 0 Å². The first kappa shape index (κ1) is 12.7. The van der Waals surface area contributed by atoms with E-state index in [0.717, 1.165) is 34.5 Å². The highest BCUT2D eigenvalue weighted by molar-refractivity contribution is 5.94. The van der Waals surface area contributed by atoms with E-state index in [-0.39, 0.29) is 0 Å². The van der Waals surface area contributed by atoms with Crippen LogP contribution in [0.25, 0.3) is 22.3 Å². The Labute approximate surface area is 117 Å². The van der Waals surface area contributed by atoms with Gasteiger partial charge in [0, 0.05) is 36.6 Å². The van der Waals surface area contributed by atoms with Gasteiger partial charge in [0.15, 0.2) is 0 Å². The Bertz CT molecular complexity index is 746. The zero-order chi connectivity index (χ0) is 14.1. The predicted octanol–water partition coefficient (Wildman–Crippen LogP) is 1.84. The van der Waals surface area contributed by atoms with Crippen molar-refractivity contribution in [1.82, 2.24) is 19.5 Å². The van der Waals surface area contributed by atoms with Gasteiger partial charge in [-0.2, -0.15) is 0 Å². The highest BCUT2D eigenvalue weighted by Gasteiger charge is 2.15. The van der Waals surface area contributed by atoms with Gasteiger partial charge in [-0.15, -0.1) is 0 Å². The summed E-state index contributed by atoms with van der Waals surface area (Å²) in [5.74, 6) is 0.768. The Balaban J connectivity index is 2.35. The summed E-state index contributed by atoms with van der Waals surface area (Å²) in [5.41, 5.74) is 9.88. The van der Waals surface area contributed by atoms with Gasteiger partial charge in [0.1, 0.15) is 11.5 Å². The highest BCUT2D eigenvalue weighted by atomic mass is 15.0. The molecule has 2 N–H and O–H groups in total. The topological polar surface area (TPSA) is 69.6 Å². The molecular weight excluding hydrogens is 250 g/mol. The van der Waals surface area contributed by atoms with Gasteiger partial charge in [-0.25, -0.2) is 9.97 Å². The fourth-order valence-electron chi connectivity index (χ4n) is 2.53. The number of pyridine rings is 1. The van der Waals surface area contributed by atoms with Gasteiger partial charge >= 0.3 is 0 Å². The Morgan fingerprint density at radius 2 is 1.95 bits per heavy atom. The zero-order valence-electron chi connectivity index (χ0n) is 11.7. The Morgan fingerprint density at radius 1 is 1.20 bits per heavy atom. The third-order valence-electron chi connectivity index (χ3n) is 3.37. The summed E-state index contributed by atoms with van der Waals surface area (Å²) in [5, 5.41) is 1.09. The number of nitrogens with two attached hydrogens (primary N) is 1. The summed E-state index contributed by atoms with van der Waals surface area (Å²) in [7, 11) is 2.01. The molecule has 0 atom stereocenters. The van der Waals surface area contributed by atoms with Crippen LogP contribution in [-0.2, 0) is 13.5 Å². The van der Waals surface area contributed by atoms with Crippen LogP contribution in [0.2, 0.25) is 0 Å². The number of aromatic nitrogens is 4. The minimum Gasteiger partial charge on any atom is -0.335 e. The predicted molar refractivity (Wildman–Crippen MR) is 79.2 cm³/mol. The van der Waals surface area contributed by atoms with Crippen LogP contribution in [0.3, 0.4) is 0 Å². The summed E-state index contributed by atoms with van der Waals surface area (Å²) in [6, 6.07) is 3.95. The van der Waals surface area contributed by atoms with Crippen LogP contribution in [-0.4, -0.2) is 26.1 Å². The summed E-state index contributed by atoms with van der Waals surface area (Å²) in [6.07, 6.45) is 6.48. The number of rotatable bonds is 3. The van der Waals surface area contributed by atoms with Crippen LogP contribution in [0.5, 0.6) is 0 Å². The van der Waals surface area contributed by atoms with Crippen LogP contribution < -0.4 is 5.73 Å². The van der Waals surface area contributed by atoms with E-state index in [1.54, 1.807) is 12.4 Å². The van der Waals surface area contributed by atoms with Crippen molar-refractivity contribution in [1.29, 1.82) is 0 Å². The molecule has 0 amide bonds. The molecule has 0 aliphatic heterocycles. The van der Waals surface area contributed by atoms with Crippen molar-refractivity contribution < 1.29 is 0 Å². The maximum absolute atomic E-state index is 5.72. The third kappa shape index (κ3) is 2.06. The molecule has 20 heavy (non-hydrogen) atoms. The second kappa shape index (κ2) is 5.02. The molecule has 0 saturated heterocycles. The lowest BCUT2D eigenvalue weighted by Gasteiger charge is -2.06. The highest BCUT2D eigenvalue weighted by Crippen LogP contribution is 2.29. The molecule has 0 aromatic carbocycles. The normalized spacial score (nSPS) is 11.2. The van der Waals surface area contributed by atoms with E-state index in [4.69, 9.17) is 5.73 Å². The van der Waals surface area contributed by atoms with Gasteiger partial charge in [-0.3, -0.25) is 4.98 Å². The van der Waals surface area contributed by atoms with Crippen LogP contribution in [0.1, 0.15) is 11.4 Å². The molecule has 5 nitrogen and oxygen atoms in total. The molecule has 0 aliphatic carbocycles. The Kier molecular flexibility index (Phi) is 3.20. The van der Waals surface area contributed by atoms with Gasteiger partial charge in [0.25, 0.3) is 0 Å². The molecule has 102 valence electrons. The second-order valence-electron chi connectivity index (χ2n) is 4.86. The summed E-state index contributed by atoms with van der Waals surface area (Å²) in [4.78, 5) is 13.3. The molecular formula is C15H17N5. The van der Waals surface area contributed by atoms with Crippen molar-refractivity contribution >= 4 is 11.0 Å². The van der Waals surface area contributed by atoms with E-state index < -0.39 is 0 Å². The number of hydrogen-bond acceptors (Lipinski definition) is 4. The molecule has 3 aromatic rings. The lowest BCUT2D eigenvalue weighted by atomic mass is 10.1. The molecule has 0 radical (unpaired) electrons. The first-order valence-electron chi connectivity index (χ1n) is 6.63. The minimum absolute atomic E-state index is 0.614. The average molecular weight is 267 g/mol. The molecule has 5 heteroatoms. The van der Waals surface area contributed by atoms with E-state index in [0.29, 0.717) is 6.54 Å². The second-order valence-corrected chi connectivity index (χ2v) is 4.86. The first-order chi connectivity index (χ1) is 9.70. The molecule has 0 bridgehead atoms. The number of aryl methyl sites for hydroxylation is 2. The van der Waals surface area contributed by atoms with Crippen LogP contribution in [0.4, 0.5) is 0 Å². The largest absolute Gasteiger partial charge is 0.335 e. The van der Waals surface area contributed by atoms with E-state index in [1.807, 2.05) is 30.7 Å². The van der Waals surface area contributed by atoms with Gasteiger partial charge in [0.2, 0.25) is 0 Å². The number of nitrogens with zero attached hydrogens (tertiary/aromatic N) is 4. The molecule has 3 rings (SSSR count). The smallest absolute Gasteiger partial charge is 0.144 e. The maximum atomic E-state index is 5.72. The SMILES string of the molecule is Cc1nc(-c2ccncc2)c2c(CCN)cn(C)c2n1. The molecule has 0 spiro atoms. The monoisotopic (exact) mass is 267 g/mol. The maximum Gasteiger partial charge on any atom is 0.144 e. The van der Waals surface area contributed by atoms with Crippen LogP contribution in [0, 0.1) is 6.92 Å². The lowest BCUT2D eigenvalue weighted by molar-refractivity contribution is 0.913. The van der Waals surface area contributed by atoms with Crippen molar-refractivity contribution in [3.8, 4) is 11.3 Å². The van der Waals surface area contributed by atoms with Gasteiger partial charge in [-0.1, -0.05) is 0 Å². The van der Waals surface area contributed by atoms with E-state index in [2.05, 4.69) is 21.1 Å². The summed E-state index contributed by atoms with van der Waals surface area (Å²) < 4.78 is 2.04. The van der Waals surface area contributed by atoms with Crippen molar-refractivity contribution in [2.24, 2.45) is 12.8 Å². The standard InChI is InChI=1S/C15H17N5/c1-10-18-14(11-4-7-17-8-5-11)13-12(3-6-16)9-20(2)15(13)19-10/h4-5,7-9H,3,6,16H2,1-2H3. The lowest BCUT2D eigenvalue weighted by Crippen LogP contribution is -2.03. The molecule has 0 fully saturated rings. The molecule has 0 aliphatic rings. The van der Waals surface area contributed by atoms with E-state index in [1.165, 1.54) is 5.56 Å². The van der Waals surface area contributed by atoms with E-state index in [9.17, 15) is 0 Å². The number of hydrogen-bond donors (Lipinski definition) is 1. The molecule has 3 heterocycles. The van der Waals surface area contributed by atoms with Gasteiger partial charge < -0.3 is 10.3 Å². The van der Waals surface area contributed by atoms with Gasteiger partial charge in [-0.05, 0) is 37.6 Å². The fraction of sp³-hybridized carbons (Fsp3) is 0.267. The Hall–Kier alpha value is -2.27. The number of fused-ring (bicyclic) bond motifs is 1. The quantitative estimate of drug-likeness (QED) is 0.786. The van der Waals surface area contributed by atoms with Crippen molar-refractivity contribution in [3.63, 3.8) is 0 Å². The van der Waals surface area contributed by atoms with Crippen molar-refractivity contribution in [2.75, 3.05) is 6.54 Å². The van der Waals surface area contributed by atoms with Crippen LogP contribution in [0.15, 0.2) is 30.7 Å². The first-order valence-corrected chi connectivity index (χ1v) is 6.63. The van der Waals surface area contributed by atoms with Crippen molar-refractivity contribution in [2.45, 2.75) is 13.3 Å². The molecule has 0 unspecified atom stereocenters. The molecule has 0 saturated carbocycles. The van der Waals surface area contributed by atoms with Gasteiger partial charge in [0.05, 0.1) is 5.69 Å². The third-order valence-corrected chi connectivity index (χ3v) is 3.37. The average Bonchev–Trinajstić information content (AvgIpc) is 2.76. The molecule has 3 aromatic heterocycles. The van der Waals surface area contributed by atoms with E-state index >= 15 is 0 Å². The fourth-order valence-corrected chi connectivity index (χ4v) is 2.53. The summed E-state index contributed by atoms with van der Waals surface area (Å²) in [6.45, 7) is 2.53. The van der Waals surface area contributed by atoms with Crippen molar-refractivity contribution in [3.05, 3.63) is 42.1 Å². The Morgan fingerprint density at radius 3 is 2.65 bits per heavy atom. The summed E-state index contributed by atoms with van der Waals surface area (Å²) >= 11 is 0.